The first-order valence-electron chi connectivity index (χ1n) is 4.94. The molecule has 0 saturated carbocycles. The van der Waals surface area contributed by atoms with Crippen LogP contribution < -0.4 is 11.2 Å². The summed E-state index contributed by atoms with van der Waals surface area (Å²) in [4.78, 5) is 30.2. The fraction of sp³-hybridized carbons (Fsp3) is 0. The van der Waals surface area contributed by atoms with Crippen LogP contribution in [0.1, 0.15) is 5.56 Å². The van der Waals surface area contributed by atoms with Gasteiger partial charge < -0.3 is 15.2 Å². The topological polar surface area (TPSA) is 119 Å². The predicted molar refractivity (Wildman–Crippen MR) is 64.7 cm³/mol. The molecule has 1 heterocycles. The van der Waals surface area contributed by atoms with E-state index in [1.165, 1.54) is 18.3 Å². The number of aromatic hydroxyl groups is 2. The van der Waals surface area contributed by atoms with Gasteiger partial charge >= 0.3 is 5.69 Å². The minimum absolute atomic E-state index is 0.00192. The van der Waals surface area contributed by atoms with E-state index >= 15 is 0 Å². The predicted octanol–water partition coefficient (Wildman–Crippen LogP) is 0.225. The van der Waals surface area contributed by atoms with Crippen LogP contribution >= 0.6 is 0 Å². The number of nitrogens with one attached hydrogen (secondary N) is 2. The van der Waals surface area contributed by atoms with Crippen LogP contribution in [-0.4, -0.2) is 26.4 Å². The van der Waals surface area contributed by atoms with Crippen LogP contribution in [-0.2, 0) is 0 Å². The molecule has 0 aliphatic heterocycles. The van der Waals surface area contributed by atoms with Crippen LogP contribution in [0.25, 0.3) is 0 Å². The van der Waals surface area contributed by atoms with E-state index in [-0.39, 0.29) is 17.2 Å². The zero-order valence-corrected chi connectivity index (χ0v) is 9.04. The lowest BCUT2D eigenvalue weighted by Crippen LogP contribution is -2.20. The number of aliphatic imine (C=N–C) groups is 1. The highest BCUT2D eigenvalue weighted by atomic mass is 16.3. The van der Waals surface area contributed by atoms with Crippen LogP contribution in [0, 0.1) is 0 Å². The van der Waals surface area contributed by atoms with Crippen molar-refractivity contribution in [2.75, 3.05) is 0 Å². The number of phenolic OH excluding ortho intramolecular Hbond substituents is 2. The number of aromatic amines is 2. The molecule has 0 bridgehead atoms. The lowest BCUT2D eigenvalue weighted by Gasteiger charge is -1.98. The van der Waals surface area contributed by atoms with Crippen molar-refractivity contribution in [3.63, 3.8) is 0 Å². The molecule has 2 rings (SSSR count). The van der Waals surface area contributed by atoms with E-state index in [0.717, 1.165) is 12.3 Å². The standard InChI is InChI=1S/C11H9N3O4/c15-7-2-1-6(9(16)3-7)4-12-8-5-13-11(18)14-10(8)17/h1-5,15-16H,(H2,13,14,17,18). The molecule has 0 atom stereocenters. The summed E-state index contributed by atoms with van der Waals surface area (Å²) in [6, 6.07) is 3.96. The summed E-state index contributed by atoms with van der Waals surface area (Å²) in [5, 5.41) is 18.6. The molecule has 0 amide bonds. The summed E-state index contributed by atoms with van der Waals surface area (Å²) < 4.78 is 0. The molecule has 1 aromatic heterocycles. The van der Waals surface area contributed by atoms with E-state index in [1.54, 1.807) is 0 Å². The van der Waals surface area contributed by atoms with Gasteiger partial charge in [-0.05, 0) is 12.1 Å². The summed E-state index contributed by atoms with van der Waals surface area (Å²) in [7, 11) is 0. The lowest BCUT2D eigenvalue weighted by atomic mass is 10.2. The third-order valence-electron chi connectivity index (χ3n) is 2.16. The monoisotopic (exact) mass is 247 g/mol. The van der Waals surface area contributed by atoms with Gasteiger partial charge in [-0.3, -0.25) is 9.78 Å². The highest BCUT2D eigenvalue weighted by Crippen LogP contribution is 2.21. The van der Waals surface area contributed by atoms with E-state index in [9.17, 15) is 14.7 Å². The second-order valence-corrected chi connectivity index (χ2v) is 3.46. The first kappa shape index (κ1) is 11.6. The Kier molecular flexibility index (Phi) is 2.96. The molecule has 0 unspecified atom stereocenters. The van der Waals surface area contributed by atoms with Crippen molar-refractivity contribution in [2.45, 2.75) is 0 Å². The molecule has 0 saturated heterocycles. The van der Waals surface area contributed by atoms with Crippen LogP contribution in [0.2, 0.25) is 0 Å². The van der Waals surface area contributed by atoms with Gasteiger partial charge in [0.2, 0.25) is 0 Å². The van der Waals surface area contributed by atoms with Crippen LogP contribution in [0.4, 0.5) is 5.69 Å². The fourth-order valence-electron chi connectivity index (χ4n) is 1.28. The van der Waals surface area contributed by atoms with E-state index in [1.807, 2.05) is 4.98 Å². The van der Waals surface area contributed by atoms with Crippen LogP contribution in [0.5, 0.6) is 11.5 Å². The highest BCUT2D eigenvalue weighted by molar-refractivity contribution is 5.85. The Morgan fingerprint density at radius 2 is 2.00 bits per heavy atom. The van der Waals surface area contributed by atoms with E-state index in [2.05, 4.69) is 9.98 Å². The molecule has 7 nitrogen and oxygen atoms in total. The Labute approximate surface area is 100 Å². The summed E-state index contributed by atoms with van der Waals surface area (Å²) in [6.07, 6.45) is 2.41. The number of benzene rings is 1. The summed E-state index contributed by atoms with van der Waals surface area (Å²) in [5.74, 6) is -0.244. The average molecular weight is 247 g/mol. The number of rotatable bonds is 2. The minimum atomic E-state index is -0.631. The highest BCUT2D eigenvalue weighted by Gasteiger charge is 2.00. The zero-order valence-electron chi connectivity index (χ0n) is 9.04. The lowest BCUT2D eigenvalue weighted by molar-refractivity contribution is 0.450. The average Bonchev–Trinajstić information content (AvgIpc) is 2.30. The molecule has 0 aliphatic carbocycles. The second-order valence-electron chi connectivity index (χ2n) is 3.46. The Hall–Kier alpha value is -2.83. The molecule has 2 aromatic rings. The zero-order chi connectivity index (χ0) is 13.1. The molecule has 0 fully saturated rings. The van der Waals surface area contributed by atoms with Gasteiger partial charge in [-0.25, -0.2) is 9.79 Å². The van der Waals surface area contributed by atoms with Crippen molar-refractivity contribution < 1.29 is 10.2 Å². The maximum atomic E-state index is 11.3. The van der Waals surface area contributed by atoms with Crippen molar-refractivity contribution in [3.05, 3.63) is 50.8 Å². The third kappa shape index (κ3) is 2.46. The van der Waals surface area contributed by atoms with Gasteiger partial charge in [-0.15, -0.1) is 0 Å². The largest absolute Gasteiger partial charge is 0.508 e. The number of H-pyrrole nitrogens is 2. The number of nitrogens with zero attached hydrogens (tertiary/aromatic N) is 1. The van der Waals surface area contributed by atoms with Gasteiger partial charge in [0.1, 0.15) is 17.2 Å². The first-order valence-corrected chi connectivity index (χ1v) is 4.94. The first-order chi connectivity index (χ1) is 8.56. The third-order valence-corrected chi connectivity index (χ3v) is 2.16. The van der Waals surface area contributed by atoms with Gasteiger partial charge in [0.15, 0.2) is 0 Å². The maximum Gasteiger partial charge on any atom is 0.325 e. The maximum absolute atomic E-state index is 11.3. The molecule has 0 radical (unpaired) electrons. The molecule has 0 aliphatic rings. The number of phenols is 2. The smallest absolute Gasteiger partial charge is 0.325 e. The summed E-state index contributed by atoms with van der Waals surface area (Å²) in [5.41, 5.74) is -0.917. The SMILES string of the molecule is O=c1[nH]cc(N=Cc2ccc(O)cc2O)c(=O)[nH]1. The molecule has 1 aromatic carbocycles. The number of hydrogen-bond acceptors (Lipinski definition) is 5. The van der Waals surface area contributed by atoms with Gasteiger partial charge in [-0.2, -0.15) is 0 Å². The Morgan fingerprint density at radius 3 is 2.67 bits per heavy atom. The van der Waals surface area contributed by atoms with Crippen molar-refractivity contribution in [1.82, 2.24) is 9.97 Å². The van der Waals surface area contributed by atoms with Crippen molar-refractivity contribution in [3.8, 4) is 11.5 Å². The quantitative estimate of drug-likeness (QED) is 0.568. The summed E-state index contributed by atoms with van der Waals surface area (Å²) >= 11 is 0. The second kappa shape index (κ2) is 4.58. The molecule has 92 valence electrons. The van der Waals surface area contributed by atoms with Crippen LogP contribution in [0.3, 0.4) is 0 Å². The Morgan fingerprint density at radius 1 is 1.22 bits per heavy atom. The Balaban J connectivity index is 2.36. The van der Waals surface area contributed by atoms with Gasteiger partial charge in [0, 0.05) is 24.0 Å². The van der Waals surface area contributed by atoms with E-state index in [4.69, 9.17) is 5.11 Å². The van der Waals surface area contributed by atoms with Crippen LogP contribution in [0.15, 0.2) is 39.0 Å². The number of hydrogen-bond donors (Lipinski definition) is 4. The molecular weight excluding hydrogens is 238 g/mol. The van der Waals surface area contributed by atoms with E-state index < -0.39 is 11.2 Å². The van der Waals surface area contributed by atoms with E-state index in [0.29, 0.717) is 5.56 Å². The van der Waals surface area contributed by atoms with Crippen molar-refractivity contribution in [1.29, 1.82) is 0 Å². The van der Waals surface area contributed by atoms with Gasteiger partial charge in [0.05, 0.1) is 0 Å². The van der Waals surface area contributed by atoms with Gasteiger partial charge in [-0.1, -0.05) is 0 Å². The summed E-state index contributed by atoms with van der Waals surface area (Å²) in [6.45, 7) is 0. The molecular formula is C11H9N3O4. The fourth-order valence-corrected chi connectivity index (χ4v) is 1.28. The molecule has 0 spiro atoms. The Bertz CT molecular complexity index is 715. The molecule has 18 heavy (non-hydrogen) atoms. The normalized spacial score (nSPS) is 10.9. The van der Waals surface area contributed by atoms with Crippen molar-refractivity contribution >= 4 is 11.9 Å². The number of aromatic nitrogens is 2. The molecule has 4 N–H and O–H groups in total. The van der Waals surface area contributed by atoms with Gasteiger partial charge in [0.25, 0.3) is 5.56 Å². The molecule has 7 heteroatoms. The van der Waals surface area contributed by atoms with Crippen molar-refractivity contribution in [2.24, 2.45) is 4.99 Å². The minimum Gasteiger partial charge on any atom is -0.508 e.